The van der Waals surface area contributed by atoms with Crippen LogP contribution < -0.4 is 4.72 Å². The summed E-state index contributed by atoms with van der Waals surface area (Å²) in [5, 5.41) is 37.6. The molecule has 2 aliphatic rings. The molecule has 0 aromatic heterocycles. The molecule has 1 saturated carbocycles. The summed E-state index contributed by atoms with van der Waals surface area (Å²) >= 11 is 0. The third-order valence-corrected chi connectivity index (χ3v) is 4.06. The first-order valence-electron chi connectivity index (χ1n) is 4.73. The van der Waals surface area contributed by atoms with Crippen molar-refractivity contribution in [2.45, 2.75) is 30.5 Å². The van der Waals surface area contributed by atoms with Gasteiger partial charge in [0.2, 0.25) is 0 Å². The van der Waals surface area contributed by atoms with E-state index in [0.29, 0.717) is 0 Å². The van der Waals surface area contributed by atoms with Gasteiger partial charge in [-0.1, -0.05) is 0 Å². The van der Waals surface area contributed by atoms with E-state index in [9.17, 15) is 23.7 Å². The molecule has 1 aliphatic heterocycles. The lowest BCUT2D eigenvalue weighted by atomic mass is 9.78. The predicted molar refractivity (Wildman–Crippen MR) is 49.3 cm³/mol. The fourth-order valence-electron chi connectivity index (χ4n) is 2.15. The highest BCUT2D eigenvalue weighted by Gasteiger charge is 2.55. The fourth-order valence-corrected chi connectivity index (χ4v) is 3.38. The topological polar surface area (TPSA) is 136 Å². The lowest BCUT2D eigenvalue weighted by molar-refractivity contribution is -0.158. The van der Waals surface area contributed by atoms with E-state index in [1.807, 2.05) is 0 Å². The SMILES string of the molecule is O=S1(=O)N[C@H]2[C@H](CO)[C@H](O)[C@H](O)[C@@H](O)[C@H]2O1. The molecular formula is C7H13NO7S. The normalized spacial score (nSPS) is 51.2. The Labute approximate surface area is 91.7 Å². The Hall–Kier alpha value is -0.290. The lowest BCUT2D eigenvalue weighted by Gasteiger charge is -2.40. The predicted octanol–water partition coefficient (Wildman–Crippen LogP) is -3.71. The molecule has 0 bridgehead atoms. The summed E-state index contributed by atoms with van der Waals surface area (Å²) in [5.41, 5.74) is 0. The van der Waals surface area contributed by atoms with Crippen LogP contribution in [0.25, 0.3) is 0 Å². The second kappa shape index (κ2) is 3.88. The van der Waals surface area contributed by atoms with Crippen LogP contribution >= 0.6 is 0 Å². The van der Waals surface area contributed by atoms with Crippen LogP contribution in [0.5, 0.6) is 0 Å². The molecule has 5 N–H and O–H groups in total. The smallest absolute Gasteiger partial charge is 0.336 e. The van der Waals surface area contributed by atoms with Gasteiger partial charge in [-0.25, -0.2) is 0 Å². The first kappa shape index (κ1) is 12.2. The van der Waals surface area contributed by atoms with Crippen LogP contribution in [-0.4, -0.2) is 65.9 Å². The molecule has 16 heavy (non-hydrogen) atoms. The number of hydrogen-bond acceptors (Lipinski definition) is 7. The number of aliphatic hydroxyl groups is 4. The van der Waals surface area contributed by atoms with Crippen molar-refractivity contribution in [1.82, 2.24) is 4.72 Å². The minimum atomic E-state index is -3.99. The van der Waals surface area contributed by atoms with Crippen molar-refractivity contribution in [2.24, 2.45) is 5.92 Å². The van der Waals surface area contributed by atoms with E-state index >= 15 is 0 Å². The molecule has 0 amide bonds. The van der Waals surface area contributed by atoms with E-state index in [1.165, 1.54) is 0 Å². The molecule has 0 radical (unpaired) electrons. The van der Waals surface area contributed by atoms with Gasteiger partial charge in [-0.3, -0.25) is 4.18 Å². The van der Waals surface area contributed by atoms with Gasteiger partial charge in [0.25, 0.3) is 0 Å². The molecule has 8 nitrogen and oxygen atoms in total. The Morgan fingerprint density at radius 1 is 1.12 bits per heavy atom. The third-order valence-electron chi connectivity index (χ3n) is 3.02. The molecule has 2 fully saturated rings. The van der Waals surface area contributed by atoms with Crippen LogP contribution in [0.4, 0.5) is 0 Å². The average Bonchev–Trinajstić information content (AvgIpc) is 2.52. The molecule has 0 spiro atoms. The average molecular weight is 255 g/mol. The number of hydrogen-bond donors (Lipinski definition) is 5. The van der Waals surface area contributed by atoms with Crippen molar-refractivity contribution in [3.63, 3.8) is 0 Å². The maximum atomic E-state index is 11.1. The van der Waals surface area contributed by atoms with Gasteiger partial charge in [0.05, 0.1) is 18.8 Å². The summed E-state index contributed by atoms with van der Waals surface area (Å²) in [5.74, 6) is -0.916. The quantitative estimate of drug-likeness (QED) is 0.325. The van der Waals surface area contributed by atoms with Gasteiger partial charge in [-0.15, -0.1) is 0 Å². The summed E-state index contributed by atoms with van der Waals surface area (Å²) in [7, 11) is -3.99. The molecule has 0 aromatic rings. The van der Waals surface area contributed by atoms with Crippen molar-refractivity contribution in [3.05, 3.63) is 0 Å². The molecule has 6 atom stereocenters. The van der Waals surface area contributed by atoms with Gasteiger partial charge >= 0.3 is 10.3 Å². The molecule has 1 aliphatic carbocycles. The van der Waals surface area contributed by atoms with Crippen LogP contribution in [0.1, 0.15) is 0 Å². The standard InChI is InChI=1S/C7H13NO7S/c9-1-2-3-7(15-16(13,14)8-3)6(12)5(11)4(2)10/h2-12H,1H2/t2-,3-,4-,5-,6+,7-/m0/s1. The largest absolute Gasteiger partial charge is 0.396 e. The summed E-state index contributed by atoms with van der Waals surface area (Å²) < 4.78 is 28.9. The molecule has 0 aromatic carbocycles. The Kier molecular flexibility index (Phi) is 2.95. The van der Waals surface area contributed by atoms with Gasteiger partial charge in [0.1, 0.15) is 18.3 Å². The maximum absolute atomic E-state index is 11.1. The van der Waals surface area contributed by atoms with Crippen LogP contribution in [-0.2, 0) is 14.5 Å². The first-order valence-corrected chi connectivity index (χ1v) is 6.14. The molecule has 9 heteroatoms. The van der Waals surface area contributed by atoms with E-state index in [4.69, 9.17) is 5.11 Å². The van der Waals surface area contributed by atoms with E-state index in [1.54, 1.807) is 0 Å². The monoisotopic (exact) mass is 255 g/mol. The number of rotatable bonds is 1. The number of fused-ring (bicyclic) bond motifs is 1. The second-order valence-corrected chi connectivity index (χ2v) is 5.31. The lowest BCUT2D eigenvalue weighted by Crippen LogP contribution is -2.62. The Morgan fingerprint density at radius 3 is 2.31 bits per heavy atom. The Morgan fingerprint density at radius 2 is 1.75 bits per heavy atom. The molecule has 1 heterocycles. The molecular weight excluding hydrogens is 242 g/mol. The first-order chi connectivity index (χ1) is 7.37. The Balaban J connectivity index is 2.32. The maximum Gasteiger partial charge on any atom is 0.336 e. The van der Waals surface area contributed by atoms with Crippen LogP contribution in [0.3, 0.4) is 0 Å². The van der Waals surface area contributed by atoms with Crippen molar-refractivity contribution in [2.75, 3.05) is 6.61 Å². The van der Waals surface area contributed by atoms with Crippen molar-refractivity contribution in [1.29, 1.82) is 0 Å². The van der Waals surface area contributed by atoms with Gasteiger partial charge in [0.15, 0.2) is 0 Å². The summed E-state index contributed by atoms with van der Waals surface area (Å²) in [6.45, 7) is -0.530. The number of nitrogens with one attached hydrogen (secondary N) is 1. The van der Waals surface area contributed by atoms with E-state index in [-0.39, 0.29) is 0 Å². The Bertz CT molecular complexity index is 371. The zero-order chi connectivity index (χ0) is 12.1. The highest BCUT2D eigenvalue weighted by Crippen LogP contribution is 2.32. The summed E-state index contributed by atoms with van der Waals surface area (Å²) in [6, 6.07) is -0.941. The molecule has 94 valence electrons. The van der Waals surface area contributed by atoms with Crippen molar-refractivity contribution >= 4 is 10.3 Å². The molecule has 1 saturated heterocycles. The van der Waals surface area contributed by atoms with Gasteiger partial charge in [-0.2, -0.15) is 13.1 Å². The van der Waals surface area contributed by atoms with E-state index in [2.05, 4.69) is 8.91 Å². The second-order valence-electron chi connectivity index (χ2n) is 3.98. The summed E-state index contributed by atoms with van der Waals surface area (Å²) in [6.07, 6.45) is -5.67. The number of aliphatic hydroxyl groups excluding tert-OH is 4. The molecule has 0 unspecified atom stereocenters. The van der Waals surface area contributed by atoms with Crippen LogP contribution in [0.2, 0.25) is 0 Å². The zero-order valence-corrected chi connectivity index (χ0v) is 8.91. The zero-order valence-electron chi connectivity index (χ0n) is 8.09. The van der Waals surface area contributed by atoms with Crippen molar-refractivity contribution in [3.8, 4) is 0 Å². The van der Waals surface area contributed by atoms with Crippen LogP contribution in [0, 0.1) is 5.92 Å². The fraction of sp³-hybridized carbons (Fsp3) is 1.00. The third kappa shape index (κ3) is 1.74. The highest BCUT2D eigenvalue weighted by molar-refractivity contribution is 7.85. The highest BCUT2D eigenvalue weighted by atomic mass is 32.2. The van der Waals surface area contributed by atoms with Gasteiger partial charge in [-0.05, 0) is 0 Å². The van der Waals surface area contributed by atoms with E-state index in [0.717, 1.165) is 0 Å². The summed E-state index contributed by atoms with van der Waals surface area (Å²) in [4.78, 5) is 0. The van der Waals surface area contributed by atoms with Gasteiger partial charge in [0, 0.05) is 5.92 Å². The minimum Gasteiger partial charge on any atom is -0.396 e. The van der Waals surface area contributed by atoms with Crippen LogP contribution in [0.15, 0.2) is 0 Å². The minimum absolute atomic E-state index is 0.530. The van der Waals surface area contributed by atoms with Crippen molar-refractivity contribution < 1.29 is 33.0 Å². The van der Waals surface area contributed by atoms with E-state index < -0.39 is 53.3 Å². The van der Waals surface area contributed by atoms with Gasteiger partial charge < -0.3 is 20.4 Å². The molecule has 2 rings (SSSR count).